The number of H-pyrrole nitrogens is 2. The molecule has 55 heavy (non-hydrogen) atoms. The highest BCUT2D eigenvalue weighted by atomic mass is 32.2. The zero-order valence-electron chi connectivity index (χ0n) is 30.3. The predicted molar refractivity (Wildman–Crippen MR) is 219 cm³/mol. The van der Waals surface area contributed by atoms with Crippen LogP contribution in [0.5, 0.6) is 0 Å². The largest absolute Gasteiger partial charge is 0.341 e. The van der Waals surface area contributed by atoms with E-state index in [0.29, 0.717) is 18.1 Å². The average Bonchev–Trinajstić information content (AvgIpc) is 4.05. The van der Waals surface area contributed by atoms with E-state index >= 15 is 0 Å². The lowest BCUT2D eigenvalue weighted by Crippen LogP contribution is -2.32. The first-order chi connectivity index (χ1) is 26.9. The third kappa shape index (κ3) is 7.20. The third-order valence-corrected chi connectivity index (χ3v) is 14.3. The Balaban J connectivity index is 0.932. The molecule has 2 aromatic heterocycles. The molecule has 11 heteroatoms. The highest BCUT2D eigenvalue weighted by molar-refractivity contribution is 7.88. The number of hydrogen-bond acceptors (Lipinski definition) is 5. The summed E-state index contributed by atoms with van der Waals surface area (Å²) in [5, 5.41) is 2.26. The number of rotatable bonds is 11. The molecule has 2 fully saturated rings. The van der Waals surface area contributed by atoms with Gasteiger partial charge in [-0.15, -0.1) is 0 Å². The van der Waals surface area contributed by atoms with Crippen LogP contribution in [0.3, 0.4) is 0 Å². The lowest BCUT2D eigenvalue weighted by molar-refractivity contribution is 0.384. The molecular formula is C44H42N6O3S2. The predicted octanol–water partition coefficient (Wildman–Crippen LogP) is 8.95. The fourth-order valence-electron chi connectivity index (χ4n) is 8.18. The van der Waals surface area contributed by atoms with E-state index in [1.54, 1.807) is 10.5 Å². The van der Waals surface area contributed by atoms with Crippen LogP contribution in [0.25, 0.3) is 44.4 Å². The van der Waals surface area contributed by atoms with Crippen LogP contribution < -0.4 is 0 Å². The first-order valence-corrected chi connectivity index (χ1v) is 21.7. The Morgan fingerprint density at radius 3 is 1.93 bits per heavy atom. The first kappa shape index (κ1) is 35.5. The number of hydrogen-bond donors (Lipinski definition) is 2. The number of nitrogens with one attached hydrogen (secondary N) is 2. The SMILES string of the molecule is O=S(Cc1ccccc1)N1CCC[C@H]1c1ncc(-c2ccc(-c3ccc(-c4cnc([C@@H]5CCCN5S(=O)(=O)Cc5ccccc5)[nH]4)cc3)c3ccccc23)[nH]1. The van der Waals surface area contributed by atoms with E-state index in [1.165, 1.54) is 0 Å². The van der Waals surface area contributed by atoms with Crippen molar-refractivity contribution in [3.05, 3.63) is 156 Å². The molecule has 2 N–H and O–H groups in total. The Morgan fingerprint density at radius 1 is 0.618 bits per heavy atom. The monoisotopic (exact) mass is 766 g/mol. The molecule has 3 atom stereocenters. The van der Waals surface area contributed by atoms with E-state index < -0.39 is 21.0 Å². The maximum atomic E-state index is 13.4. The van der Waals surface area contributed by atoms with Crippen LogP contribution in [-0.4, -0.2) is 54.3 Å². The minimum atomic E-state index is -3.50. The molecule has 1 unspecified atom stereocenters. The minimum Gasteiger partial charge on any atom is -0.341 e. The molecule has 0 aliphatic carbocycles. The van der Waals surface area contributed by atoms with Crippen molar-refractivity contribution in [2.24, 2.45) is 0 Å². The maximum Gasteiger partial charge on any atom is 0.218 e. The summed E-state index contributed by atoms with van der Waals surface area (Å²) in [5.74, 6) is 2.02. The summed E-state index contributed by atoms with van der Waals surface area (Å²) in [6.45, 7) is 1.28. The van der Waals surface area contributed by atoms with Gasteiger partial charge in [0, 0.05) is 18.7 Å². The smallest absolute Gasteiger partial charge is 0.218 e. The van der Waals surface area contributed by atoms with Crippen molar-refractivity contribution >= 4 is 31.8 Å². The van der Waals surface area contributed by atoms with E-state index in [2.05, 4.69) is 79.9 Å². The second-order valence-electron chi connectivity index (χ2n) is 14.4. The lowest BCUT2D eigenvalue weighted by Gasteiger charge is -2.22. The van der Waals surface area contributed by atoms with Crippen LogP contribution >= 0.6 is 0 Å². The quantitative estimate of drug-likeness (QED) is 0.137. The molecule has 0 amide bonds. The van der Waals surface area contributed by atoms with Crippen molar-refractivity contribution in [3.63, 3.8) is 0 Å². The molecule has 0 saturated carbocycles. The van der Waals surface area contributed by atoms with Crippen LogP contribution in [-0.2, 0) is 32.5 Å². The summed E-state index contributed by atoms with van der Waals surface area (Å²) in [4.78, 5) is 16.6. The summed E-state index contributed by atoms with van der Waals surface area (Å²) < 4.78 is 44.0. The molecule has 0 bridgehead atoms. The molecule has 0 radical (unpaired) electrons. The summed E-state index contributed by atoms with van der Waals surface area (Å²) in [5.41, 5.74) is 7.92. The second-order valence-corrected chi connectivity index (χ2v) is 17.7. The number of aromatic amines is 2. The zero-order chi connectivity index (χ0) is 37.4. The van der Waals surface area contributed by atoms with Crippen molar-refractivity contribution in [2.45, 2.75) is 49.3 Å². The van der Waals surface area contributed by atoms with Gasteiger partial charge in [-0.3, -0.25) is 0 Å². The molecule has 5 aromatic carbocycles. The van der Waals surface area contributed by atoms with E-state index in [-0.39, 0.29) is 17.8 Å². The topological polar surface area (TPSA) is 115 Å². The van der Waals surface area contributed by atoms with Crippen LogP contribution in [0.1, 0.15) is 60.5 Å². The van der Waals surface area contributed by atoms with Crippen LogP contribution in [0.4, 0.5) is 0 Å². The maximum absolute atomic E-state index is 13.4. The number of aromatic nitrogens is 4. The van der Waals surface area contributed by atoms with Crippen molar-refractivity contribution in [1.82, 2.24) is 28.5 Å². The second kappa shape index (κ2) is 15.1. The van der Waals surface area contributed by atoms with Gasteiger partial charge < -0.3 is 9.97 Å². The van der Waals surface area contributed by atoms with Gasteiger partial charge in [0.05, 0.1) is 58.4 Å². The molecule has 2 saturated heterocycles. The Morgan fingerprint density at radius 2 is 1.18 bits per heavy atom. The van der Waals surface area contributed by atoms with Gasteiger partial charge in [-0.2, -0.15) is 4.31 Å². The molecule has 4 heterocycles. The van der Waals surface area contributed by atoms with Gasteiger partial charge >= 0.3 is 0 Å². The minimum absolute atomic E-state index is 0.0157. The summed E-state index contributed by atoms with van der Waals surface area (Å²) in [6, 6.07) is 40.2. The number of fused-ring (bicyclic) bond motifs is 1. The number of benzene rings is 5. The van der Waals surface area contributed by atoms with Gasteiger partial charge in [0.2, 0.25) is 10.0 Å². The number of sulfonamides is 1. The van der Waals surface area contributed by atoms with E-state index in [9.17, 15) is 12.6 Å². The van der Waals surface area contributed by atoms with E-state index in [4.69, 9.17) is 4.98 Å². The fourth-order valence-corrected chi connectivity index (χ4v) is 11.4. The third-order valence-electron chi connectivity index (χ3n) is 10.9. The van der Waals surface area contributed by atoms with Crippen molar-refractivity contribution in [1.29, 1.82) is 0 Å². The van der Waals surface area contributed by atoms with Gasteiger partial charge in [0.1, 0.15) is 11.6 Å². The van der Waals surface area contributed by atoms with E-state index in [0.717, 1.165) is 93.6 Å². The first-order valence-electron chi connectivity index (χ1n) is 18.9. The number of imidazole rings is 2. The molecule has 9 nitrogen and oxygen atoms in total. The van der Waals surface area contributed by atoms with Gasteiger partial charge in [-0.25, -0.2) is 26.9 Å². The van der Waals surface area contributed by atoms with Gasteiger partial charge in [0.25, 0.3) is 0 Å². The Hall–Kier alpha value is -5.20. The fraction of sp³-hybridized carbons (Fsp3) is 0.227. The van der Waals surface area contributed by atoms with Crippen molar-refractivity contribution < 1.29 is 12.6 Å². The summed E-state index contributed by atoms with van der Waals surface area (Å²) in [7, 11) is -4.64. The standard InChI is InChI=1S/C44H42N6O3S2/c51-54(29-31-11-3-1-4-12-31)49-25-9-17-41(49)43-46-28-40(48-43)38-24-23-35(36-15-7-8-16-37(36)38)33-19-21-34(22-20-33)39-27-45-44(47-39)42-18-10-26-50(42)55(52,53)30-32-13-5-2-6-14-32/h1-8,11-16,19-24,27-28,41-42H,9-10,17-18,25-26,29-30H2,(H,45,47)(H,46,48)/t41-,42-,54?/m0/s1. The van der Waals surface area contributed by atoms with E-state index in [1.807, 2.05) is 66.9 Å². The Labute approximate surface area is 324 Å². The molecule has 2 aliphatic rings. The van der Waals surface area contributed by atoms with Gasteiger partial charge in [-0.1, -0.05) is 121 Å². The van der Waals surface area contributed by atoms with Gasteiger partial charge in [-0.05, 0) is 64.3 Å². The summed E-state index contributed by atoms with van der Waals surface area (Å²) in [6.07, 6.45) is 7.14. The van der Waals surface area contributed by atoms with Crippen molar-refractivity contribution in [3.8, 4) is 33.6 Å². The van der Waals surface area contributed by atoms with Crippen LogP contribution in [0.2, 0.25) is 0 Å². The number of nitrogens with zero attached hydrogens (tertiary/aromatic N) is 4. The van der Waals surface area contributed by atoms with Crippen molar-refractivity contribution in [2.75, 3.05) is 13.1 Å². The highest BCUT2D eigenvalue weighted by Gasteiger charge is 2.37. The molecule has 2 aliphatic heterocycles. The lowest BCUT2D eigenvalue weighted by atomic mass is 9.93. The molecule has 9 rings (SSSR count). The Kier molecular flexibility index (Phi) is 9.78. The molecule has 7 aromatic rings. The van der Waals surface area contributed by atoms with Gasteiger partial charge in [0.15, 0.2) is 0 Å². The Bertz CT molecular complexity index is 2570. The molecule has 278 valence electrons. The van der Waals surface area contributed by atoms with Crippen LogP contribution in [0, 0.1) is 0 Å². The highest BCUT2D eigenvalue weighted by Crippen LogP contribution is 2.39. The zero-order valence-corrected chi connectivity index (χ0v) is 32.0. The normalized spacial score (nSPS) is 18.6. The van der Waals surface area contributed by atoms with Crippen LogP contribution in [0.15, 0.2) is 134 Å². The molecular weight excluding hydrogens is 725 g/mol. The molecule has 0 spiro atoms. The average molecular weight is 767 g/mol. The summed E-state index contributed by atoms with van der Waals surface area (Å²) >= 11 is 0.